The first-order valence-corrected chi connectivity index (χ1v) is 5.69. The van der Waals surface area contributed by atoms with E-state index in [0.717, 1.165) is 11.1 Å². The van der Waals surface area contributed by atoms with Gasteiger partial charge in [-0.2, -0.15) is 5.26 Å². The lowest BCUT2D eigenvalue weighted by Crippen LogP contribution is -2.32. The molecule has 0 spiro atoms. The Labute approximate surface area is 96.9 Å². The van der Waals surface area contributed by atoms with Crippen LogP contribution in [-0.4, -0.2) is 6.61 Å². The van der Waals surface area contributed by atoms with Crippen LogP contribution >= 0.6 is 0 Å². The number of ether oxygens (including phenoxy) is 1. The van der Waals surface area contributed by atoms with Crippen LogP contribution in [0.25, 0.3) is 0 Å². The summed E-state index contributed by atoms with van der Waals surface area (Å²) in [6.07, 6.45) is 0. The number of hydrogen-bond donors (Lipinski definition) is 0. The Morgan fingerprint density at radius 3 is 2.81 bits per heavy atom. The molecule has 1 aromatic carbocycles. The number of fused-ring (bicyclic) bond motifs is 1. The quantitative estimate of drug-likeness (QED) is 0.721. The molecule has 0 bridgehead atoms. The minimum atomic E-state index is -0.488. The Kier molecular flexibility index (Phi) is 2.73. The van der Waals surface area contributed by atoms with Crippen LogP contribution in [0.15, 0.2) is 18.2 Å². The lowest BCUT2D eigenvalue weighted by atomic mass is 9.79. The summed E-state index contributed by atoms with van der Waals surface area (Å²) >= 11 is 0. The van der Waals surface area contributed by atoms with Gasteiger partial charge in [0.05, 0.1) is 19.3 Å². The Morgan fingerprint density at radius 2 is 2.19 bits per heavy atom. The maximum absolute atomic E-state index is 9.30. The van der Waals surface area contributed by atoms with Crippen molar-refractivity contribution < 1.29 is 4.74 Å². The maximum Gasteiger partial charge on any atom is 0.103 e. The number of benzene rings is 1. The van der Waals surface area contributed by atoms with Crippen LogP contribution in [0.5, 0.6) is 0 Å². The van der Waals surface area contributed by atoms with Crippen LogP contribution in [0.1, 0.15) is 43.4 Å². The Hall–Kier alpha value is -1.33. The first kappa shape index (κ1) is 11.2. The summed E-state index contributed by atoms with van der Waals surface area (Å²) in [7, 11) is 0. The Bertz CT molecular complexity index is 445. The molecule has 0 amide bonds. The normalized spacial score (nSPS) is 23.9. The Balaban J connectivity index is 2.54. The second kappa shape index (κ2) is 3.92. The summed E-state index contributed by atoms with van der Waals surface area (Å²) in [5, 5.41) is 9.30. The molecule has 2 nitrogen and oxygen atoms in total. The van der Waals surface area contributed by atoms with Gasteiger partial charge in [-0.25, -0.2) is 0 Å². The van der Waals surface area contributed by atoms with Crippen molar-refractivity contribution in [2.45, 2.75) is 38.7 Å². The fourth-order valence-corrected chi connectivity index (χ4v) is 2.13. The highest BCUT2D eigenvalue weighted by atomic mass is 16.5. The first-order chi connectivity index (χ1) is 7.57. The molecule has 1 heterocycles. The van der Waals surface area contributed by atoms with E-state index in [2.05, 4.69) is 38.1 Å². The molecule has 0 unspecified atom stereocenters. The van der Waals surface area contributed by atoms with E-state index in [9.17, 15) is 5.26 Å². The van der Waals surface area contributed by atoms with Crippen molar-refractivity contribution in [3.63, 3.8) is 0 Å². The minimum Gasteiger partial charge on any atom is -0.375 e. The largest absolute Gasteiger partial charge is 0.375 e. The van der Waals surface area contributed by atoms with E-state index in [1.807, 2.05) is 6.92 Å². The third kappa shape index (κ3) is 1.72. The molecule has 0 aromatic heterocycles. The topological polar surface area (TPSA) is 33.0 Å². The van der Waals surface area contributed by atoms with Crippen molar-refractivity contribution in [2.24, 2.45) is 0 Å². The highest BCUT2D eigenvalue weighted by molar-refractivity contribution is 5.43. The molecule has 2 heteroatoms. The number of rotatable bonds is 1. The highest BCUT2D eigenvalue weighted by Gasteiger charge is 2.33. The molecule has 0 fully saturated rings. The molecule has 0 saturated heterocycles. The zero-order chi connectivity index (χ0) is 11.8. The van der Waals surface area contributed by atoms with E-state index >= 15 is 0 Å². The maximum atomic E-state index is 9.30. The van der Waals surface area contributed by atoms with Crippen LogP contribution in [-0.2, 0) is 16.8 Å². The van der Waals surface area contributed by atoms with Gasteiger partial charge in [-0.05, 0) is 29.5 Å². The highest BCUT2D eigenvalue weighted by Crippen LogP contribution is 2.33. The van der Waals surface area contributed by atoms with Gasteiger partial charge in [-0.3, -0.25) is 0 Å². The average Bonchev–Trinajstić information content (AvgIpc) is 2.29. The molecule has 0 N–H and O–H groups in total. The van der Waals surface area contributed by atoms with Gasteiger partial charge in [0.25, 0.3) is 0 Å². The van der Waals surface area contributed by atoms with Crippen LogP contribution < -0.4 is 0 Å². The molecule has 1 aromatic rings. The van der Waals surface area contributed by atoms with E-state index < -0.39 is 5.41 Å². The predicted octanol–water partition coefficient (Wildman–Crippen LogP) is 3.12. The molecule has 16 heavy (non-hydrogen) atoms. The van der Waals surface area contributed by atoms with Crippen LogP contribution in [0.2, 0.25) is 0 Å². The fraction of sp³-hybridized carbons (Fsp3) is 0.500. The van der Waals surface area contributed by atoms with Crippen LogP contribution in [0.3, 0.4) is 0 Å². The van der Waals surface area contributed by atoms with Crippen molar-refractivity contribution in [3.8, 4) is 6.07 Å². The van der Waals surface area contributed by atoms with Gasteiger partial charge in [0.2, 0.25) is 0 Å². The van der Waals surface area contributed by atoms with Gasteiger partial charge in [-0.1, -0.05) is 32.0 Å². The summed E-state index contributed by atoms with van der Waals surface area (Å²) in [5.74, 6) is 0.496. The van der Waals surface area contributed by atoms with Crippen molar-refractivity contribution in [2.75, 3.05) is 6.61 Å². The van der Waals surface area contributed by atoms with E-state index in [1.165, 1.54) is 5.56 Å². The molecule has 1 atom stereocenters. The molecule has 2 rings (SSSR count). The van der Waals surface area contributed by atoms with Crippen molar-refractivity contribution in [1.82, 2.24) is 0 Å². The number of nitriles is 1. The third-order valence-corrected chi connectivity index (χ3v) is 3.29. The molecule has 0 radical (unpaired) electrons. The van der Waals surface area contributed by atoms with Gasteiger partial charge in [0.1, 0.15) is 5.41 Å². The number of hydrogen-bond acceptors (Lipinski definition) is 2. The lowest BCUT2D eigenvalue weighted by Gasteiger charge is -2.30. The van der Waals surface area contributed by atoms with Gasteiger partial charge in [0, 0.05) is 0 Å². The van der Waals surface area contributed by atoms with Gasteiger partial charge in [0.15, 0.2) is 0 Å². The smallest absolute Gasteiger partial charge is 0.103 e. The van der Waals surface area contributed by atoms with E-state index in [0.29, 0.717) is 19.1 Å². The molecular formula is C14H17NO. The second-order valence-corrected chi connectivity index (χ2v) is 5.01. The fourth-order valence-electron chi connectivity index (χ4n) is 2.13. The summed E-state index contributed by atoms with van der Waals surface area (Å²) in [4.78, 5) is 0. The van der Waals surface area contributed by atoms with E-state index in [-0.39, 0.29) is 0 Å². The second-order valence-electron chi connectivity index (χ2n) is 5.01. The molecule has 0 aliphatic carbocycles. The molecular weight excluding hydrogens is 198 g/mol. The molecule has 1 aliphatic heterocycles. The zero-order valence-corrected chi connectivity index (χ0v) is 10.1. The summed E-state index contributed by atoms with van der Waals surface area (Å²) in [6, 6.07) is 8.78. The third-order valence-electron chi connectivity index (χ3n) is 3.29. The molecule has 0 saturated carbocycles. The number of nitrogens with zero attached hydrogens (tertiary/aromatic N) is 1. The first-order valence-electron chi connectivity index (χ1n) is 5.69. The molecule has 1 aliphatic rings. The van der Waals surface area contributed by atoms with Gasteiger partial charge >= 0.3 is 0 Å². The summed E-state index contributed by atoms with van der Waals surface area (Å²) in [5.41, 5.74) is 3.10. The van der Waals surface area contributed by atoms with Crippen LogP contribution in [0.4, 0.5) is 0 Å². The van der Waals surface area contributed by atoms with Crippen molar-refractivity contribution >= 4 is 0 Å². The standard InChI is InChI=1S/C14H17NO/c1-10(2)11-4-5-12-7-16-9-14(3,8-15)13(12)6-11/h4-6,10H,7,9H2,1-3H3/t14-/m1/s1. The molecule has 84 valence electrons. The minimum absolute atomic E-state index is 0.488. The monoisotopic (exact) mass is 215 g/mol. The zero-order valence-electron chi connectivity index (χ0n) is 10.1. The predicted molar refractivity (Wildman–Crippen MR) is 63.2 cm³/mol. The summed E-state index contributed by atoms with van der Waals surface area (Å²) < 4.78 is 5.48. The van der Waals surface area contributed by atoms with E-state index in [1.54, 1.807) is 0 Å². The Morgan fingerprint density at radius 1 is 1.44 bits per heavy atom. The van der Waals surface area contributed by atoms with Crippen molar-refractivity contribution in [1.29, 1.82) is 5.26 Å². The van der Waals surface area contributed by atoms with Crippen molar-refractivity contribution in [3.05, 3.63) is 34.9 Å². The van der Waals surface area contributed by atoms with Gasteiger partial charge in [-0.15, -0.1) is 0 Å². The van der Waals surface area contributed by atoms with Gasteiger partial charge < -0.3 is 4.74 Å². The average molecular weight is 215 g/mol. The van der Waals surface area contributed by atoms with Crippen LogP contribution in [0, 0.1) is 11.3 Å². The lowest BCUT2D eigenvalue weighted by molar-refractivity contribution is 0.0759. The SMILES string of the molecule is CC(C)c1ccc2c(c1)[C@](C)(C#N)COC2. The van der Waals surface area contributed by atoms with E-state index in [4.69, 9.17) is 4.74 Å². The summed E-state index contributed by atoms with van der Waals surface area (Å²) in [6.45, 7) is 7.42.